The highest BCUT2D eigenvalue weighted by molar-refractivity contribution is 9.10. The van der Waals surface area contributed by atoms with E-state index in [2.05, 4.69) is 26.0 Å². The Hall–Kier alpha value is -1.75. The van der Waals surface area contributed by atoms with Crippen LogP contribution in [-0.4, -0.2) is 13.1 Å². The average molecular weight is 338 g/mol. The number of furan rings is 1. The average Bonchev–Trinajstić information content (AvgIpc) is 2.90. The van der Waals surface area contributed by atoms with E-state index in [0.29, 0.717) is 5.76 Å². The van der Waals surface area contributed by atoms with Crippen LogP contribution in [0.1, 0.15) is 34.8 Å². The number of carbonyl (C=O) groups is 1. The van der Waals surface area contributed by atoms with Crippen LogP contribution in [0.15, 0.2) is 39.2 Å². The number of ether oxygens (including phenoxy) is 1. The van der Waals surface area contributed by atoms with Crippen molar-refractivity contribution in [2.45, 2.75) is 19.9 Å². The van der Waals surface area contributed by atoms with Crippen molar-refractivity contribution in [3.05, 3.63) is 51.9 Å². The summed E-state index contributed by atoms with van der Waals surface area (Å²) in [7, 11) is 1.33. The Morgan fingerprint density at radius 2 is 2.10 bits per heavy atom. The van der Waals surface area contributed by atoms with E-state index >= 15 is 0 Å². The fraction of sp³-hybridized carbons (Fsp3) is 0.267. The number of carbonyl (C=O) groups excluding carboxylic acids is 1. The molecular weight excluding hydrogens is 322 g/mol. The molecule has 1 N–H and O–H groups in total. The molecule has 0 fully saturated rings. The monoisotopic (exact) mass is 337 g/mol. The molecule has 1 atom stereocenters. The van der Waals surface area contributed by atoms with Gasteiger partial charge in [-0.25, -0.2) is 4.79 Å². The van der Waals surface area contributed by atoms with E-state index in [0.717, 1.165) is 15.7 Å². The Morgan fingerprint density at radius 1 is 1.35 bits per heavy atom. The number of rotatable bonds is 4. The molecule has 0 saturated carbocycles. The molecule has 1 aromatic heterocycles. The second-order valence-corrected chi connectivity index (χ2v) is 5.43. The second-order valence-electron chi connectivity index (χ2n) is 4.52. The van der Waals surface area contributed by atoms with Gasteiger partial charge in [0.15, 0.2) is 0 Å². The van der Waals surface area contributed by atoms with Gasteiger partial charge in [-0.1, -0.05) is 15.9 Å². The number of anilines is 1. The first-order valence-corrected chi connectivity index (χ1v) is 7.01. The normalized spacial score (nSPS) is 12.0. The highest BCUT2D eigenvalue weighted by Crippen LogP contribution is 2.25. The lowest BCUT2D eigenvalue weighted by Gasteiger charge is -2.15. The molecule has 2 rings (SSSR count). The van der Waals surface area contributed by atoms with Crippen LogP contribution in [0.5, 0.6) is 0 Å². The standard InChI is InChI=1S/C15H16BrNO3/c1-9-8-11(16)4-5-12(9)17-10(2)13-6-7-14(20-13)15(18)19-3/h4-8,10,17H,1-3H3. The van der Waals surface area contributed by atoms with Crippen LogP contribution >= 0.6 is 15.9 Å². The molecule has 0 aliphatic heterocycles. The molecule has 1 aromatic carbocycles. The van der Waals surface area contributed by atoms with Crippen LogP contribution in [0, 0.1) is 6.92 Å². The van der Waals surface area contributed by atoms with Gasteiger partial charge in [0, 0.05) is 10.2 Å². The third-order valence-corrected chi connectivity index (χ3v) is 3.49. The number of aryl methyl sites for hydroxylation is 1. The molecule has 0 bridgehead atoms. The predicted octanol–water partition coefficient (Wildman–Crippen LogP) is 4.31. The number of esters is 1. The van der Waals surface area contributed by atoms with Gasteiger partial charge in [0.1, 0.15) is 5.76 Å². The third-order valence-electron chi connectivity index (χ3n) is 3.00. The maximum atomic E-state index is 11.4. The van der Waals surface area contributed by atoms with Gasteiger partial charge in [0.05, 0.1) is 13.2 Å². The molecule has 0 spiro atoms. The van der Waals surface area contributed by atoms with Gasteiger partial charge in [-0.2, -0.15) is 0 Å². The predicted molar refractivity (Wildman–Crippen MR) is 81.0 cm³/mol. The van der Waals surface area contributed by atoms with Crippen molar-refractivity contribution in [3.63, 3.8) is 0 Å². The summed E-state index contributed by atoms with van der Waals surface area (Å²) >= 11 is 3.44. The third kappa shape index (κ3) is 3.22. The number of benzene rings is 1. The Labute approximate surface area is 126 Å². The highest BCUT2D eigenvalue weighted by atomic mass is 79.9. The minimum absolute atomic E-state index is 0.0479. The van der Waals surface area contributed by atoms with Gasteiger partial charge >= 0.3 is 5.97 Å². The first-order valence-electron chi connectivity index (χ1n) is 6.22. The fourth-order valence-corrected chi connectivity index (χ4v) is 2.36. The summed E-state index contributed by atoms with van der Waals surface area (Å²) in [6, 6.07) is 9.36. The Morgan fingerprint density at radius 3 is 2.75 bits per heavy atom. The Kier molecular flexibility index (Phi) is 4.49. The van der Waals surface area contributed by atoms with E-state index in [-0.39, 0.29) is 11.8 Å². The van der Waals surface area contributed by atoms with E-state index < -0.39 is 5.97 Å². The fourth-order valence-electron chi connectivity index (χ4n) is 1.89. The summed E-state index contributed by atoms with van der Waals surface area (Å²) in [5.41, 5.74) is 2.16. The zero-order chi connectivity index (χ0) is 14.7. The first kappa shape index (κ1) is 14.7. The summed E-state index contributed by atoms with van der Waals surface area (Å²) in [6.07, 6.45) is 0. The van der Waals surface area contributed by atoms with Gasteiger partial charge < -0.3 is 14.5 Å². The van der Waals surface area contributed by atoms with Crippen molar-refractivity contribution >= 4 is 27.6 Å². The maximum absolute atomic E-state index is 11.4. The molecule has 106 valence electrons. The van der Waals surface area contributed by atoms with E-state index in [1.54, 1.807) is 12.1 Å². The van der Waals surface area contributed by atoms with E-state index in [1.807, 2.05) is 32.0 Å². The summed E-state index contributed by atoms with van der Waals surface area (Å²) in [4.78, 5) is 11.4. The summed E-state index contributed by atoms with van der Waals surface area (Å²) in [6.45, 7) is 4.00. The van der Waals surface area contributed by atoms with Crippen molar-refractivity contribution in [2.24, 2.45) is 0 Å². The highest BCUT2D eigenvalue weighted by Gasteiger charge is 2.15. The molecule has 1 heterocycles. The van der Waals surface area contributed by atoms with Gasteiger partial charge in [-0.3, -0.25) is 0 Å². The molecule has 0 saturated heterocycles. The zero-order valence-electron chi connectivity index (χ0n) is 11.6. The Bertz CT molecular complexity index is 621. The number of methoxy groups -OCH3 is 1. The van der Waals surface area contributed by atoms with Gasteiger partial charge in [0.2, 0.25) is 5.76 Å². The lowest BCUT2D eigenvalue weighted by atomic mass is 10.1. The molecule has 0 radical (unpaired) electrons. The second kappa shape index (κ2) is 6.13. The molecule has 0 aliphatic rings. The molecule has 20 heavy (non-hydrogen) atoms. The van der Waals surface area contributed by atoms with E-state index in [4.69, 9.17) is 4.42 Å². The van der Waals surface area contributed by atoms with E-state index in [9.17, 15) is 4.79 Å². The van der Waals surface area contributed by atoms with Gasteiger partial charge in [0.25, 0.3) is 0 Å². The van der Waals surface area contributed by atoms with Crippen molar-refractivity contribution in [1.82, 2.24) is 0 Å². The summed E-state index contributed by atoms with van der Waals surface area (Å²) < 4.78 is 11.2. The number of halogens is 1. The van der Waals surface area contributed by atoms with Crippen LogP contribution in [0.3, 0.4) is 0 Å². The molecule has 1 unspecified atom stereocenters. The van der Waals surface area contributed by atoms with Crippen molar-refractivity contribution in [2.75, 3.05) is 12.4 Å². The Balaban J connectivity index is 2.13. The number of hydrogen-bond acceptors (Lipinski definition) is 4. The zero-order valence-corrected chi connectivity index (χ0v) is 13.2. The summed E-state index contributed by atoms with van der Waals surface area (Å²) in [5.74, 6) is 0.430. The number of nitrogens with one attached hydrogen (secondary N) is 1. The lowest BCUT2D eigenvalue weighted by molar-refractivity contribution is 0.0562. The van der Waals surface area contributed by atoms with Crippen LogP contribution in [0.4, 0.5) is 5.69 Å². The lowest BCUT2D eigenvalue weighted by Crippen LogP contribution is -2.07. The van der Waals surface area contributed by atoms with Crippen LogP contribution in [-0.2, 0) is 4.74 Å². The molecule has 2 aromatic rings. The molecule has 5 heteroatoms. The largest absolute Gasteiger partial charge is 0.463 e. The van der Waals surface area contributed by atoms with Crippen LogP contribution in [0.25, 0.3) is 0 Å². The first-order chi connectivity index (χ1) is 9.51. The van der Waals surface area contributed by atoms with Crippen molar-refractivity contribution < 1.29 is 13.9 Å². The number of hydrogen-bond donors (Lipinski definition) is 1. The maximum Gasteiger partial charge on any atom is 0.373 e. The minimum atomic E-state index is -0.469. The molecule has 4 nitrogen and oxygen atoms in total. The quantitative estimate of drug-likeness (QED) is 0.844. The van der Waals surface area contributed by atoms with Crippen molar-refractivity contribution in [1.29, 1.82) is 0 Å². The van der Waals surface area contributed by atoms with Gasteiger partial charge in [-0.15, -0.1) is 0 Å². The smallest absolute Gasteiger partial charge is 0.373 e. The summed E-state index contributed by atoms with van der Waals surface area (Å²) in [5, 5.41) is 3.36. The van der Waals surface area contributed by atoms with Crippen LogP contribution < -0.4 is 5.32 Å². The molecule has 0 aliphatic carbocycles. The topological polar surface area (TPSA) is 51.5 Å². The van der Waals surface area contributed by atoms with Gasteiger partial charge in [-0.05, 0) is 49.7 Å². The molecular formula is C15H16BrNO3. The van der Waals surface area contributed by atoms with Crippen molar-refractivity contribution in [3.8, 4) is 0 Å². The van der Waals surface area contributed by atoms with E-state index in [1.165, 1.54) is 7.11 Å². The SMILES string of the molecule is COC(=O)c1ccc(C(C)Nc2ccc(Br)cc2C)o1. The van der Waals surface area contributed by atoms with Crippen LogP contribution in [0.2, 0.25) is 0 Å². The molecule has 0 amide bonds. The minimum Gasteiger partial charge on any atom is -0.463 e.